The highest BCUT2D eigenvalue weighted by molar-refractivity contribution is 5.74. The van der Waals surface area contributed by atoms with E-state index in [0.717, 1.165) is 5.56 Å². The van der Waals surface area contributed by atoms with E-state index < -0.39 is 12.2 Å². The molecule has 0 aromatic heterocycles. The Morgan fingerprint density at radius 1 is 1.47 bits per heavy atom. The van der Waals surface area contributed by atoms with Crippen molar-refractivity contribution in [3.05, 3.63) is 35.9 Å². The van der Waals surface area contributed by atoms with Crippen molar-refractivity contribution in [3.63, 3.8) is 0 Å². The smallest absolute Gasteiger partial charge is 0.354 e. The van der Waals surface area contributed by atoms with Gasteiger partial charge in [0.25, 0.3) is 0 Å². The highest BCUT2D eigenvalue weighted by Crippen LogP contribution is 2.02. The Hall–Kier alpha value is -1.88. The number of rotatable bonds is 6. The molecule has 0 aliphatic heterocycles. The van der Waals surface area contributed by atoms with E-state index in [4.69, 9.17) is 9.84 Å². The van der Waals surface area contributed by atoms with Crippen LogP contribution in [-0.2, 0) is 20.9 Å². The Labute approximate surface area is 86.7 Å². The van der Waals surface area contributed by atoms with Gasteiger partial charge in [-0.2, -0.15) is 0 Å². The Kier molecular flexibility index (Phi) is 4.30. The van der Waals surface area contributed by atoms with Gasteiger partial charge in [-0.15, -0.1) is 0 Å². The van der Waals surface area contributed by atoms with Crippen molar-refractivity contribution in [2.24, 2.45) is 0 Å². The van der Waals surface area contributed by atoms with Gasteiger partial charge < -0.3 is 15.2 Å². The number of carbonyl (C=O) groups is 2. The molecule has 2 N–H and O–H groups in total. The minimum Gasteiger partial charge on any atom is -0.478 e. The summed E-state index contributed by atoms with van der Waals surface area (Å²) in [6, 6.07) is 9.10. The zero-order valence-electron chi connectivity index (χ0n) is 7.92. The predicted octanol–water partition coefficient (Wildman–Crippen LogP) is 0.360. The summed E-state index contributed by atoms with van der Waals surface area (Å²) in [4.78, 5) is 20.6. The molecule has 1 rings (SSSR count). The molecule has 1 aromatic carbocycles. The molecule has 0 aliphatic carbocycles. The SMILES string of the molecule is O=CNC(OCc1ccccc1)C(=O)O. The van der Waals surface area contributed by atoms with E-state index in [2.05, 4.69) is 0 Å². The summed E-state index contributed by atoms with van der Waals surface area (Å²) in [5.74, 6) is -1.22. The van der Waals surface area contributed by atoms with Crippen molar-refractivity contribution >= 4 is 12.4 Å². The monoisotopic (exact) mass is 209 g/mol. The summed E-state index contributed by atoms with van der Waals surface area (Å²) < 4.78 is 4.99. The molecule has 5 nitrogen and oxygen atoms in total. The minimum absolute atomic E-state index is 0.138. The normalized spacial score (nSPS) is 11.7. The van der Waals surface area contributed by atoms with Crippen LogP contribution in [0.4, 0.5) is 0 Å². The van der Waals surface area contributed by atoms with Gasteiger partial charge in [-0.05, 0) is 5.56 Å². The number of carbonyl (C=O) groups excluding carboxylic acids is 1. The number of carboxylic acid groups (broad SMARTS) is 1. The first-order chi connectivity index (χ1) is 7.24. The second-order valence-corrected chi connectivity index (χ2v) is 2.80. The molecule has 0 spiro atoms. The molecule has 15 heavy (non-hydrogen) atoms. The summed E-state index contributed by atoms with van der Waals surface area (Å²) in [5, 5.41) is 10.7. The van der Waals surface area contributed by atoms with E-state index in [1.54, 1.807) is 12.1 Å². The largest absolute Gasteiger partial charge is 0.478 e. The fraction of sp³-hybridized carbons (Fsp3) is 0.200. The average molecular weight is 209 g/mol. The second kappa shape index (κ2) is 5.77. The third-order valence-corrected chi connectivity index (χ3v) is 1.70. The molecule has 0 radical (unpaired) electrons. The number of carboxylic acids is 1. The molecular weight excluding hydrogens is 198 g/mol. The summed E-state index contributed by atoms with van der Waals surface area (Å²) in [5.41, 5.74) is 0.844. The molecule has 1 atom stereocenters. The lowest BCUT2D eigenvalue weighted by Gasteiger charge is -2.11. The molecule has 0 heterocycles. The quantitative estimate of drug-likeness (QED) is 0.524. The molecule has 0 saturated heterocycles. The Morgan fingerprint density at radius 3 is 2.67 bits per heavy atom. The molecule has 1 unspecified atom stereocenters. The number of ether oxygens (including phenoxy) is 1. The number of hydrogen-bond donors (Lipinski definition) is 2. The number of aliphatic carboxylic acids is 1. The van der Waals surface area contributed by atoms with E-state index in [1.807, 2.05) is 23.5 Å². The zero-order valence-corrected chi connectivity index (χ0v) is 7.92. The van der Waals surface area contributed by atoms with Gasteiger partial charge in [-0.3, -0.25) is 4.79 Å². The van der Waals surface area contributed by atoms with Crippen LogP contribution >= 0.6 is 0 Å². The lowest BCUT2D eigenvalue weighted by molar-refractivity contribution is -0.155. The van der Waals surface area contributed by atoms with Crippen LogP contribution in [0.3, 0.4) is 0 Å². The molecule has 1 aromatic rings. The topological polar surface area (TPSA) is 75.6 Å². The first-order valence-electron chi connectivity index (χ1n) is 4.32. The van der Waals surface area contributed by atoms with Gasteiger partial charge >= 0.3 is 5.97 Å². The number of amides is 1. The molecule has 0 bridgehead atoms. The molecule has 1 amide bonds. The minimum atomic E-state index is -1.30. The lowest BCUT2D eigenvalue weighted by atomic mass is 10.2. The number of hydrogen-bond acceptors (Lipinski definition) is 3. The summed E-state index contributed by atoms with van der Waals surface area (Å²) in [6.45, 7) is 0.138. The van der Waals surface area contributed by atoms with Crippen molar-refractivity contribution in [2.45, 2.75) is 12.8 Å². The first kappa shape index (κ1) is 11.2. The summed E-state index contributed by atoms with van der Waals surface area (Å²) in [6.07, 6.45) is -1.01. The number of nitrogens with one attached hydrogen (secondary N) is 1. The van der Waals surface area contributed by atoms with E-state index in [0.29, 0.717) is 6.41 Å². The van der Waals surface area contributed by atoms with E-state index in [-0.39, 0.29) is 6.61 Å². The first-order valence-corrected chi connectivity index (χ1v) is 4.32. The van der Waals surface area contributed by atoms with Gasteiger partial charge in [0.15, 0.2) is 0 Å². The van der Waals surface area contributed by atoms with Gasteiger partial charge in [0.05, 0.1) is 6.61 Å². The Bertz CT molecular complexity index is 325. The van der Waals surface area contributed by atoms with Crippen molar-refractivity contribution in [3.8, 4) is 0 Å². The maximum Gasteiger partial charge on any atom is 0.354 e. The molecule has 0 fully saturated rings. The maximum absolute atomic E-state index is 10.6. The zero-order chi connectivity index (χ0) is 11.1. The van der Waals surface area contributed by atoms with Crippen LogP contribution in [0.1, 0.15) is 5.56 Å². The van der Waals surface area contributed by atoms with Crippen LogP contribution in [0.25, 0.3) is 0 Å². The van der Waals surface area contributed by atoms with Crippen LogP contribution < -0.4 is 5.32 Å². The molecule has 80 valence electrons. The van der Waals surface area contributed by atoms with Crippen LogP contribution in [0.15, 0.2) is 30.3 Å². The van der Waals surface area contributed by atoms with Gasteiger partial charge in [0, 0.05) is 0 Å². The van der Waals surface area contributed by atoms with Gasteiger partial charge in [-0.1, -0.05) is 30.3 Å². The molecule has 5 heteroatoms. The van der Waals surface area contributed by atoms with Gasteiger partial charge in [0.2, 0.25) is 12.6 Å². The Morgan fingerprint density at radius 2 is 2.13 bits per heavy atom. The van der Waals surface area contributed by atoms with Crippen molar-refractivity contribution in [1.82, 2.24) is 5.32 Å². The Balaban J connectivity index is 2.47. The molecule has 0 saturated carbocycles. The van der Waals surface area contributed by atoms with Crippen LogP contribution in [-0.4, -0.2) is 23.7 Å². The number of benzene rings is 1. The molecule has 0 aliphatic rings. The highest BCUT2D eigenvalue weighted by Gasteiger charge is 2.16. The fourth-order valence-corrected chi connectivity index (χ4v) is 1.01. The third-order valence-electron chi connectivity index (χ3n) is 1.70. The van der Waals surface area contributed by atoms with Gasteiger partial charge in [0.1, 0.15) is 0 Å². The van der Waals surface area contributed by atoms with E-state index >= 15 is 0 Å². The van der Waals surface area contributed by atoms with Crippen LogP contribution in [0, 0.1) is 0 Å². The average Bonchev–Trinajstić information content (AvgIpc) is 2.25. The maximum atomic E-state index is 10.6. The lowest BCUT2D eigenvalue weighted by Crippen LogP contribution is -2.38. The van der Waals surface area contributed by atoms with E-state index in [1.165, 1.54) is 0 Å². The van der Waals surface area contributed by atoms with Crippen molar-refractivity contribution in [2.75, 3.05) is 0 Å². The third kappa shape index (κ3) is 3.78. The van der Waals surface area contributed by atoms with Crippen molar-refractivity contribution in [1.29, 1.82) is 0 Å². The van der Waals surface area contributed by atoms with Crippen molar-refractivity contribution < 1.29 is 19.4 Å². The predicted molar refractivity (Wildman–Crippen MR) is 51.9 cm³/mol. The highest BCUT2D eigenvalue weighted by atomic mass is 16.5. The second-order valence-electron chi connectivity index (χ2n) is 2.80. The summed E-state index contributed by atoms with van der Waals surface area (Å²) in [7, 11) is 0. The van der Waals surface area contributed by atoms with Gasteiger partial charge in [-0.25, -0.2) is 4.79 Å². The standard InChI is InChI=1S/C10H11NO4/c12-7-11-9(10(13)14)15-6-8-4-2-1-3-5-8/h1-5,7,9H,6H2,(H,11,12)(H,13,14). The molecular formula is C10H11NO4. The van der Waals surface area contributed by atoms with Crippen LogP contribution in [0.5, 0.6) is 0 Å². The van der Waals surface area contributed by atoms with Crippen LogP contribution in [0.2, 0.25) is 0 Å². The summed E-state index contributed by atoms with van der Waals surface area (Å²) >= 11 is 0. The van der Waals surface area contributed by atoms with E-state index in [9.17, 15) is 9.59 Å². The fourth-order valence-electron chi connectivity index (χ4n) is 1.01.